The fourth-order valence-corrected chi connectivity index (χ4v) is 3.25. The Hall–Kier alpha value is -0.610. The standard InChI is InChI=1S/C14H26N2O2/c1-10(17)5-4-8-15-14(18)13-9-11-6-2-3-7-12(11)16-13/h10-13,16-17H,2-9H2,1H3,(H,15,18). The van der Waals surface area contributed by atoms with Crippen molar-refractivity contribution < 1.29 is 9.90 Å². The van der Waals surface area contributed by atoms with Crippen LogP contribution in [0.4, 0.5) is 0 Å². The minimum absolute atomic E-state index is 0.0182. The van der Waals surface area contributed by atoms with Crippen molar-refractivity contribution in [2.75, 3.05) is 6.54 Å². The van der Waals surface area contributed by atoms with Gasteiger partial charge < -0.3 is 15.7 Å². The van der Waals surface area contributed by atoms with Gasteiger partial charge in [0.05, 0.1) is 12.1 Å². The second-order valence-electron chi connectivity index (χ2n) is 5.89. The van der Waals surface area contributed by atoms with Crippen molar-refractivity contribution >= 4 is 5.91 Å². The summed E-state index contributed by atoms with van der Waals surface area (Å²) in [5, 5.41) is 15.6. The normalized spacial score (nSPS) is 32.9. The third-order valence-corrected chi connectivity index (χ3v) is 4.28. The van der Waals surface area contributed by atoms with E-state index in [1.54, 1.807) is 6.92 Å². The van der Waals surface area contributed by atoms with Crippen molar-refractivity contribution in [3.05, 3.63) is 0 Å². The predicted octanol–water partition coefficient (Wildman–Crippen LogP) is 1.18. The molecule has 1 aliphatic carbocycles. The average Bonchev–Trinajstić information content (AvgIpc) is 2.78. The third-order valence-electron chi connectivity index (χ3n) is 4.28. The first-order valence-electron chi connectivity index (χ1n) is 7.38. The van der Waals surface area contributed by atoms with Crippen LogP contribution in [0.25, 0.3) is 0 Å². The molecule has 2 aliphatic rings. The number of aliphatic hydroxyl groups excluding tert-OH is 1. The molecule has 3 N–H and O–H groups in total. The van der Waals surface area contributed by atoms with Gasteiger partial charge in [0.2, 0.25) is 5.91 Å². The highest BCUT2D eigenvalue weighted by Crippen LogP contribution is 2.33. The van der Waals surface area contributed by atoms with Crippen LogP contribution < -0.4 is 10.6 Å². The Labute approximate surface area is 110 Å². The first-order valence-corrected chi connectivity index (χ1v) is 7.38. The quantitative estimate of drug-likeness (QED) is 0.646. The van der Waals surface area contributed by atoms with Gasteiger partial charge in [-0.2, -0.15) is 0 Å². The number of fused-ring (bicyclic) bond motifs is 1. The van der Waals surface area contributed by atoms with Gasteiger partial charge in [-0.05, 0) is 44.9 Å². The first kappa shape index (κ1) is 13.8. The van der Waals surface area contributed by atoms with Crippen molar-refractivity contribution in [3.63, 3.8) is 0 Å². The van der Waals surface area contributed by atoms with Crippen molar-refractivity contribution in [1.29, 1.82) is 0 Å². The molecule has 1 saturated heterocycles. The predicted molar refractivity (Wildman–Crippen MR) is 71.2 cm³/mol. The Kier molecular flexibility index (Phi) is 5.01. The lowest BCUT2D eigenvalue weighted by atomic mass is 9.85. The number of hydrogen-bond acceptors (Lipinski definition) is 3. The van der Waals surface area contributed by atoms with E-state index in [-0.39, 0.29) is 18.1 Å². The van der Waals surface area contributed by atoms with Crippen LogP contribution in [0.3, 0.4) is 0 Å². The number of rotatable bonds is 5. The van der Waals surface area contributed by atoms with Gasteiger partial charge in [0.1, 0.15) is 0 Å². The van der Waals surface area contributed by atoms with E-state index in [0.29, 0.717) is 18.5 Å². The molecule has 4 unspecified atom stereocenters. The van der Waals surface area contributed by atoms with Gasteiger partial charge in [-0.25, -0.2) is 0 Å². The molecule has 0 aromatic rings. The van der Waals surface area contributed by atoms with Crippen LogP contribution in [0.2, 0.25) is 0 Å². The number of carbonyl (C=O) groups is 1. The highest BCUT2D eigenvalue weighted by molar-refractivity contribution is 5.82. The summed E-state index contributed by atoms with van der Waals surface area (Å²) in [5.74, 6) is 0.863. The van der Waals surface area contributed by atoms with Crippen molar-refractivity contribution in [2.24, 2.45) is 5.92 Å². The van der Waals surface area contributed by atoms with Crippen LogP contribution in [-0.2, 0) is 4.79 Å². The summed E-state index contributed by atoms with van der Waals surface area (Å²) in [7, 11) is 0. The van der Waals surface area contributed by atoms with Gasteiger partial charge in [0.25, 0.3) is 0 Å². The molecule has 4 nitrogen and oxygen atoms in total. The summed E-state index contributed by atoms with van der Waals surface area (Å²) < 4.78 is 0. The van der Waals surface area contributed by atoms with E-state index in [1.807, 2.05) is 0 Å². The van der Waals surface area contributed by atoms with E-state index in [4.69, 9.17) is 5.11 Å². The summed E-state index contributed by atoms with van der Waals surface area (Å²) in [6.07, 6.45) is 7.48. The monoisotopic (exact) mass is 254 g/mol. The number of aliphatic hydroxyl groups is 1. The zero-order valence-electron chi connectivity index (χ0n) is 11.3. The summed E-state index contributed by atoms with van der Waals surface area (Å²) in [6.45, 7) is 2.46. The molecule has 1 saturated carbocycles. The number of hydrogen-bond donors (Lipinski definition) is 3. The SMILES string of the molecule is CC(O)CCCNC(=O)C1CC2CCCCC2N1. The Bertz CT molecular complexity index is 267. The van der Waals surface area contributed by atoms with E-state index < -0.39 is 0 Å². The molecule has 2 rings (SSSR count). The molecular weight excluding hydrogens is 228 g/mol. The van der Waals surface area contributed by atoms with Crippen LogP contribution in [0.1, 0.15) is 51.9 Å². The Morgan fingerprint density at radius 1 is 1.44 bits per heavy atom. The fraction of sp³-hybridized carbons (Fsp3) is 0.929. The molecule has 0 aromatic carbocycles. The smallest absolute Gasteiger partial charge is 0.237 e. The van der Waals surface area contributed by atoms with Gasteiger partial charge in [0, 0.05) is 12.6 Å². The minimum Gasteiger partial charge on any atom is -0.393 e. The maximum Gasteiger partial charge on any atom is 0.237 e. The van der Waals surface area contributed by atoms with Crippen molar-refractivity contribution in [2.45, 2.75) is 70.1 Å². The van der Waals surface area contributed by atoms with E-state index in [2.05, 4.69) is 10.6 Å². The van der Waals surface area contributed by atoms with E-state index in [0.717, 1.165) is 19.3 Å². The van der Waals surface area contributed by atoms with E-state index in [1.165, 1.54) is 25.7 Å². The lowest BCUT2D eigenvalue weighted by Gasteiger charge is -2.24. The minimum atomic E-state index is -0.269. The Morgan fingerprint density at radius 2 is 2.22 bits per heavy atom. The molecular formula is C14H26N2O2. The average molecular weight is 254 g/mol. The third kappa shape index (κ3) is 3.69. The molecule has 104 valence electrons. The molecule has 0 radical (unpaired) electrons. The largest absolute Gasteiger partial charge is 0.393 e. The van der Waals surface area contributed by atoms with Crippen LogP contribution in [-0.4, -0.2) is 35.7 Å². The molecule has 1 amide bonds. The number of nitrogens with one attached hydrogen (secondary N) is 2. The molecule has 0 spiro atoms. The van der Waals surface area contributed by atoms with Gasteiger partial charge >= 0.3 is 0 Å². The zero-order valence-corrected chi connectivity index (χ0v) is 11.3. The Morgan fingerprint density at radius 3 is 2.94 bits per heavy atom. The summed E-state index contributed by atoms with van der Waals surface area (Å²) in [5.41, 5.74) is 0. The number of amides is 1. The van der Waals surface area contributed by atoms with E-state index >= 15 is 0 Å². The topological polar surface area (TPSA) is 61.4 Å². The van der Waals surface area contributed by atoms with Crippen LogP contribution in [0.15, 0.2) is 0 Å². The van der Waals surface area contributed by atoms with Crippen LogP contribution in [0.5, 0.6) is 0 Å². The summed E-state index contributed by atoms with van der Waals surface area (Å²) >= 11 is 0. The Balaban J connectivity index is 1.67. The molecule has 1 aliphatic heterocycles. The fourth-order valence-electron chi connectivity index (χ4n) is 3.25. The van der Waals surface area contributed by atoms with E-state index in [9.17, 15) is 4.79 Å². The maximum atomic E-state index is 12.0. The molecule has 1 heterocycles. The second kappa shape index (κ2) is 6.53. The zero-order chi connectivity index (χ0) is 13.0. The lowest BCUT2D eigenvalue weighted by molar-refractivity contribution is -0.122. The highest BCUT2D eigenvalue weighted by Gasteiger charge is 2.37. The van der Waals surface area contributed by atoms with Gasteiger partial charge in [0.15, 0.2) is 0 Å². The summed E-state index contributed by atoms with van der Waals surface area (Å²) in [6, 6.07) is 0.594. The number of carbonyl (C=O) groups excluding carboxylic acids is 1. The molecule has 18 heavy (non-hydrogen) atoms. The van der Waals surface area contributed by atoms with Crippen molar-refractivity contribution in [3.8, 4) is 0 Å². The van der Waals surface area contributed by atoms with Crippen molar-refractivity contribution in [1.82, 2.24) is 10.6 Å². The van der Waals surface area contributed by atoms with Gasteiger partial charge in [-0.15, -0.1) is 0 Å². The molecule has 2 fully saturated rings. The highest BCUT2D eigenvalue weighted by atomic mass is 16.3. The first-order chi connectivity index (χ1) is 8.66. The van der Waals surface area contributed by atoms with Crippen LogP contribution >= 0.6 is 0 Å². The summed E-state index contributed by atoms with van der Waals surface area (Å²) in [4.78, 5) is 12.0. The molecule has 4 heteroatoms. The molecule has 0 aromatic heterocycles. The van der Waals surface area contributed by atoms with Gasteiger partial charge in [-0.1, -0.05) is 12.8 Å². The maximum absolute atomic E-state index is 12.0. The molecule has 0 bridgehead atoms. The van der Waals surface area contributed by atoms with Gasteiger partial charge in [-0.3, -0.25) is 4.79 Å². The molecule has 4 atom stereocenters. The second-order valence-corrected chi connectivity index (χ2v) is 5.89. The lowest BCUT2D eigenvalue weighted by Crippen LogP contribution is -2.43. The van der Waals surface area contributed by atoms with Crippen LogP contribution in [0, 0.1) is 5.92 Å².